The van der Waals surface area contributed by atoms with Crippen LogP contribution in [-0.4, -0.2) is 0 Å². The van der Waals surface area contributed by atoms with Crippen molar-refractivity contribution in [1.82, 2.24) is 0 Å². The lowest BCUT2D eigenvalue weighted by molar-refractivity contribution is 1.59. The molecule has 0 atom stereocenters. The first-order valence-corrected chi connectivity index (χ1v) is 5.55. The highest BCUT2D eigenvalue weighted by Gasteiger charge is 2.19. The summed E-state index contributed by atoms with van der Waals surface area (Å²) in [6.07, 6.45) is 22.0. The van der Waals surface area contributed by atoms with Crippen LogP contribution in [0.2, 0.25) is 0 Å². The van der Waals surface area contributed by atoms with Gasteiger partial charge in [0.15, 0.2) is 0 Å². The average molecular weight is 202 g/mol. The Morgan fingerprint density at radius 1 is 0.438 bits per heavy atom. The van der Waals surface area contributed by atoms with E-state index < -0.39 is 0 Å². The van der Waals surface area contributed by atoms with Gasteiger partial charge in [0.05, 0.1) is 0 Å². The third-order valence-electron chi connectivity index (χ3n) is 3.35. The van der Waals surface area contributed by atoms with Crippen LogP contribution in [0.5, 0.6) is 0 Å². The van der Waals surface area contributed by atoms with Crippen LogP contribution in [0.3, 0.4) is 0 Å². The lowest BCUT2D eigenvalue weighted by Crippen LogP contribution is -1.77. The summed E-state index contributed by atoms with van der Waals surface area (Å²) in [5.74, 6) is 0. The van der Waals surface area contributed by atoms with Crippen LogP contribution in [-0.2, 0) is 0 Å². The van der Waals surface area contributed by atoms with E-state index in [9.17, 15) is 0 Å². The Bertz CT molecular complexity index is 578. The Balaban J connectivity index is 1.77. The van der Waals surface area contributed by atoms with Crippen LogP contribution in [0.25, 0.3) is 0 Å². The summed E-state index contributed by atoms with van der Waals surface area (Å²) >= 11 is 0. The maximum Gasteiger partial charge on any atom is -0.0171 e. The Morgan fingerprint density at radius 3 is 1.31 bits per heavy atom. The molecule has 0 aromatic heterocycles. The van der Waals surface area contributed by atoms with Gasteiger partial charge in [-0.25, -0.2) is 0 Å². The van der Waals surface area contributed by atoms with Crippen molar-refractivity contribution in [2.45, 2.75) is 0 Å². The van der Waals surface area contributed by atoms with Gasteiger partial charge in [-0.15, -0.1) is 0 Å². The molecule has 16 heavy (non-hydrogen) atoms. The van der Waals surface area contributed by atoms with Crippen LogP contribution < -0.4 is 0 Å². The first-order valence-electron chi connectivity index (χ1n) is 5.55. The van der Waals surface area contributed by atoms with Gasteiger partial charge in [0, 0.05) is 0 Å². The fraction of sp³-hybridized carbons (Fsp3) is 0. The topological polar surface area (TPSA) is 0 Å². The van der Waals surface area contributed by atoms with E-state index in [0.29, 0.717) is 0 Å². The highest BCUT2D eigenvalue weighted by Crippen LogP contribution is 2.37. The molecule has 0 bridgehead atoms. The Labute approximate surface area is 94.7 Å². The maximum absolute atomic E-state index is 2.27. The molecule has 0 amide bonds. The van der Waals surface area contributed by atoms with Crippen molar-refractivity contribution in [2.24, 2.45) is 0 Å². The lowest BCUT2D eigenvalue weighted by atomic mass is 10.1. The van der Waals surface area contributed by atoms with Crippen molar-refractivity contribution in [1.29, 1.82) is 0 Å². The largest absolute Gasteiger partial charge is 0.0610 e. The number of allylic oxidation sites excluding steroid dienone is 16. The van der Waals surface area contributed by atoms with Crippen LogP contribution in [0.15, 0.2) is 94.2 Å². The Kier molecular flexibility index (Phi) is 1.39. The Hall–Kier alpha value is -2.08. The van der Waals surface area contributed by atoms with Gasteiger partial charge in [0.25, 0.3) is 0 Å². The van der Waals surface area contributed by atoms with Crippen molar-refractivity contribution in [2.75, 3.05) is 0 Å². The van der Waals surface area contributed by atoms with E-state index in [2.05, 4.69) is 60.8 Å². The summed E-state index contributed by atoms with van der Waals surface area (Å²) in [7, 11) is 0. The van der Waals surface area contributed by atoms with Gasteiger partial charge in [-0.3, -0.25) is 0 Å². The van der Waals surface area contributed by atoms with E-state index >= 15 is 0 Å². The van der Waals surface area contributed by atoms with Crippen LogP contribution in [0.4, 0.5) is 0 Å². The number of hydrogen-bond donors (Lipinski definition) is 0. The fourth-order valence-electron chi connectivity index (χ4n) is 2.51. The van der Waals surface area contributed by atoms with E-state index in [1.165, 1.54) is 33.4 Å². The van der Waals surface area contributed by atoms with Crippen molar-refractivity contribution in [3.63, 3.8) is 0 Å². The third-order valence-corrected chi connectivity index (χ3v) is 3.35. The van der Waals surface area contributed by atoms with Crippen molar-refractivity contribution in [3.8, 4) is 0 Å². The molecule has 0 N–H and O–H groups in total. The van der Waals surface area contributed by atoms with Gasteiger partial charge >= 0.3 is 0 Å². The number of fused-ring (bicyclic) bond motifs is 2. The van der Waals surface area contributed by atoms with Crippen molar-refractivity contribution in [3.05, 3.63) is 94.2 Å². The average Bonchev–Trinajstić information content (AvgIpc) is 2.94. The smallest absolute Gasteiger partial charge is 0.0171 e. The molecule has 0 unspecified atom stereocenters. The highest BCUT2D eigenvalue weighted by molar-refractivity contribution is 5.73. The van der Waals surface area contributed by atoms with E-state index in [1.807, 2.05) is 0 Å². The van der Waals surface area contributed by atoms with Gasteiger partial charge in [-0.2, -0.15) is 0 Å². The highest BCUT2D eigenvalue weighted by atomic mass is 14.2. The molecule has 4 aliphatic rings. The summed E-state index contributed by atoms with van der Waals surface area (Å²) < 4.78 is 0. The lowest BCUT2D eigenvalue weighted by Gasteiger charge is -1.95. The standard InChI is InChI=1S/C16H10/c1-3-11-7-15(8-12(11)4-1)16-9-13-5-2-6-14(13)10-16/h1-10H. The Morgan fingerprint density at radius 2 is 0.875 bits per heavy atom. The molecule has 0 spiro atoms. The summed E-state index contributed by atoms with van der Waals surface area (Å²) in [5, 5.41) is 0. The second-order valence-electron chi connectivity index (χ2n) is 4.36. The molecular formula is C16H10. The van der Waals surface area contributed by atoms with Gasteiger partial charge < -0.3 is 0 Å². The minimum absolute atomic E-state index is 1.34. The summed E-state index contributed by atoms with van der Waals surface area (Å²) in [4.78, 5) is 0. The van der Waals surface area contributed by atoms with Crippen molar-refractivity contribution < 1.29 is 0 Å². The SMILES string of the molecule is C1=CC2=CC(C3=CC4=CC=CC4=C3)=CC2=C1. The second-order valence-corrected chi connectivity index (χ2v) is 4.36. The summed E-state index contributed by atoms with van der Waals surface area (Å²) in [5.41, 5.74) is 8.04. The third kappa shape index (κ3) is 0.989. The molecule has 0 aromatic rings. The zero-order valence-electron chi connectivity index (χ0n) is 8.77. The first kappa shape index (κ1) is 8.12. The molecule has 0 saturated heterocycles. The summed E-state index contributed by atoms with van der Waals surface area (Å²) in [6.45, 7) is 0. The maximum atomic E-state index is 2.27. The molecule has 0 fully saturated rings. The zero-order chi connectivity index (χ0) is 10.5. The van der Waals surface area contributed by atoms with Gasteiger partial charge in [0.1, 0.15) is 0 Å². The summed E-state index contributed by atoms with van der Waals surface area (Å²) in [6, 6.07) is 0. The molecule has 0 saturated carbocycles. The van der Waals surface area contributed by atoms with E-state index in [0.717, 1.165) is 0 Å². The predicted molar refractivity (Wildman–Crippen MR) is 66.8 cm³/mol. The molecule has 0 nitrogen and oxygen atoms in total. The fourth-order valence-corrected chi connectivity index (χ4v) is 2.51. The molecule has 0 heterocycles. The molecule has 4 rings (SSSR count). The van der Waals surface area contributed by atoms with Gasteiger partial charge in [0.2, 0.25) is 0 Å². The van der Waals surface area contributed by atoms with Crippen LogP contribution in [0, 0.1) is 0 Å². The molecule has 0 heteroatoms. The van der Waals surface area contributed by atoms with Crippen LogP contribution in [0.1, 0.15) is 0 Å². The van der Waals surface area contributed by atoms with E-state index in [-0.39, 0.29) is 0 Å². The van der Waals surface area contributed by atoms with Crippen LogP contribution >= 0.6 is 0 Å². The van der Waals surface area contributed by atoms with Gasteiger partial charge in [-0.05, 0) is 57.7 Å². The molecule has 0 aromatic carbocycles. The number of hydrogen-bond acceptors (Lipinski definition) is 0. The molecule has 74 valence electrons. The van der Waals surface area contributed by atoms with Gasteiger partial charge in [-0.1, -0.05) is 36.5 Å². The molecular weight excluding hydrogens is 192 g/mol. The van der Waals surface area contributed by atoms with E-state index in [1.54, 1.807) is 0 Å². The molecule has 0 radical (unpaired) electrons. The zero-order valence-corrected chi connectivity index (χ0v) is 8.77. The number of rotatable bonds is 1. The van der Waals surface area contributed by atoms with E-state index in [4.69, 9.17) is 0 Å². The second kappa shape index (κ2) is 2.73. The molecule has 0 aliphatic heterocycles. The quantitative estimate of drug-likeness (QED) is 0.608. The predicted octanol–water partition coefficient (Wildman–Crippen LogP) is 3.71. The molecule has 4 aliphatic carbocycles. The normalized spacial score (nSPS) is 23.5. The first-order chi connectivity index (χ1) is 7.90. The minimum atomic E-state index is 1.34. The minimum Gasteiger partial charge on any atom is -0.0610 e. The monoisotopic (exact) mass is 202 g/mol. The van der Waals surface area contributed by atoms with Crippen molar-refractivity contribution >= 4 is 0 Å².